The molecule has 0 spiro atoms. The standard InChI is InChI=1S/C21H18N6OS/c1-15-23-19(13-20(24-15)27-11-10-22-14-27)25-16-4-6-17(7-5-16)26-21(28)9-8-18-3-2-12-29-18/h2-14H,1H3,(H,26,28)(H,23,24,25)/b9-8+. The summed E-state index contributed by atoms with van der Waals surface area (Å²) in [6.07, 6.45) is 8.55. The molecule has 2 N–H and O–H groups in total. The minimum absolute atomic E-state index is 0.171. The summed E-state index contributed by atoms with van der Waals surface area (Å²) in [6.45, 7) is 1.84. The smallest absolute Gasteiger partial charge is 0.248 e. The SMILES string of the molecule is Cc1nc(Nc2ccc(NC(=O)/C=C/c3cccs3)cc2)cc(-n2ccnc2)n1. The fourth-order valence-corrected chi connectivity index (χ4v) is 3.27. The highest BCUT2D eigenvalue weighted by Gasteiger charge is 2.05. The Labute approximate surface area is 171 Å². The van der Waals surface area contributed by atoms with Gasteiger partial charge in [-0.25, -0.2) is 15.0 Å². The molecule has 0 radical (unpaired) electrons. The number of hydrogen-bond donors (Lipinski definition) is 2. The highest BCUT2D eigenvalue weighted by Crippen LogP contribution is 2.19. The fourth-order valence-electron chi connectivity index (χ4n) is 2.66. The Bertz CT molecular complexity index is 1120. The highest BCUT2D eigenvalue weighted by molar-refractivity contribution is 7.10. The maximum atomic E-state index is 12.0. The van der Waals surface area contributed by atoms with E-state index in [1.54, 1.807) is 29.9 Å². The Kier molecular flexibility index (Phi) is 5.44. The first-order chi connectivity index (χ1) is 14.2. The minimum Gasteiger partial charge on any atom is -0.340 e. The van der Waals surface area contributed by atoms with Gasteiger partial charge in [0.2, 0.25) is 5.91 Å². The van der Waals surface area contributed by atoms with Crippen LogP contribution in [0.3, 0.4) is 0 Å². The van der Waals surface area contributed by atoms with Gasteiger partial charge in [0.15, 0.2) is 0 Å². The molecule has 0 atom stereocenters. The summed E-state index contributed by atoms with van der Waals surface area (Å²) in [7, 11) is 0. The molecule has 0 saturated carbocycles. The molecule has 0 aliphatic heterocycles. The van der Waals surface area contributed by atoms with Crippen LogP contribution in [0.2, 0.25) is 0 Å². The number of carbonyl (C=O) groups excluding carboxylic acids is 1. The maximum Gasteiger partial charge on any atom is 0.248 e. The molecule has 0 bridgehead atoms. The molecule has 3 aromatic heterocycles. The van der Waals surface area contributed by atoms with Crippen LogP contribution >= 0.6 is 11.3 Å². The number of amides is 1. The van der Waals surface area contributed by atoms with Crippen molar-refractivity contribution in [3.05, 3.63) is 83.3 Å². The van der Waals surface area contributed by atoms with E-state index in [4.69, 9.17) is 0 Å². The third-order valence-corrected chi connectivity index (χ3v) is 4.80. The van der Waals surface area contributed by atoms with E-state index in [2.05, 4.69) is 25.6 Å². The molecule has 7 nitrogen and oxygen atoms in total. The van der Waals surface area contributed by atoms with Crippen LogP contribution in [0.15, 0.2) is 72.6 Å². The lowest BCUT2D eigenvalue weighted by Crippen LogP contribution is -2.07. The van der Waals surface area contributed by atoms with Gasteiger partial charge in [-0.1, -0.05) is 6.07 Å². The van der Waals surface area contributed by atoms with Gasteiger partial charge in [-0.2, -0.15) is 0 Å². The first kappa shape index (κ1) is 18.6. The van der Waals surface area contributed by atoms with Crippen molar-refractivity contribution in [3.63, 3.8) is 0 Å². The van der Waals surface area contributed by atoms with Crippen molar-refractivity contribution in [2.75, 3.05) is 10.6 Å². The number of aryl methyl sites for hydroxylation is 1. The monoisotopic (exact) mass is 402 g/mol. The summed E-state index contributed by atoms with van der Waals surface area (Å²) >= 11 is 1.58. The first-order valence-corrected chi connectivity index (χ1v) is 9.77. The van der Waals surface area contributed by atoms with Gasteiger partial charge in [0.05, 0.1) is 0 Å². The van der Waals surface area contributed by atoms with Crippen molar-refractivity contribution in [2.45, 2.75) is 6.92 Å². The Morgan fingerprint density at radius 1 is 1.14 bits per heavy atom. The molecule has 144 valence electrons. The average Bonchev–Trinajstić information content (AvgIpc) is 3.42. The van der Waals surface area contributed by atoms with Crippen LogP contribution in [-0.2, 0) is 4.79 Å². The second-order valence-electron chi connectivity index (χ2n) is 6.17. The number of anilines is 3. The number of hydrogen-bond acceptors (Lipinski definition) is 6. The molecule has 0 unspecified atom stereocenters. The van der Waals surface area contributed by atoms with E-state index in [9.17, 15) is 4.79 Å². The van der Waals surface area contributed by atoms with Crippen LogP contribution in [0.5, 0.6) is 0 Å². The lowest BCUT2D eigenvalue weighted by atomic mass is 10.2. The summed E-state index contributed by atoms with van der Waals surface area (Å²) in [5.41, 5.74) is 1.57. The lowest BCUT2D eigenvalue weighted by molar-refractivity contribution is -0.111. The molecule has 0 fully saturated rings. The molecular weight excluding hydrogens is 384 g/mol. The predicted molar refractivity (Wildman–Crippen MR) is 116 cm³/mol. The van der Waals surface area contributed by atoms with Crippen molar-refractivity contribution in [3.8, 4) is 5.82 Å². The minimum atomic E-state index is -0.171. The molecule has 4 rings (SSSR count). The van der Waals surface area contributed by atoms with Gasteiger partial charge >= 0.3 is 0 Å². The van der Waals surface area contributed by atoms with Crippen LogP contribution < -0.4 is 10.6 Å². The highest BCUT2D eigenvalue weighted by atomic mass is 32.1. The summed E-state index contributed by atoms with van der Waals surface area (Å²) in [5.74, 6) is 1.89. The van der Waals surface area contributed by atoms with E-state index < -0.39 is 0 Å². The number of nitrogens with one attached hydrogen (secondary N) is 2. The summed E-state index contributed by atoms with van der Waals surface area (Å²) in [5, 5.41) is 8.08. The molecule has 0 saturated heterocycles. The van der Waals surface area contributed by atoms with E-state index in [1.165, 1.54) is 6.08 Å². The van der Waals surface area contributed by atoms with E-state index >= 15 is 0 Å². The fraction of sp³-hybridized carbons (Fsp3) is 0.0476. The second-order valence-corrected chi connectivity index (χ2v) is 7.15. The Morgan fingerprint density at radius 2 is 1.97 bits per heavy atom. The Balaban J connectivity index is 1.41. The molecular formula is C21H18N6OS. The van der Waals surface area contributed by atoms with Gasteiger partial charge in [-0.3, -0.25) is 9.36 Å². The van der Waals surface area contributed by atoms with Crippen LogP contribution in [0, 0.1) is 6.92 Å². The number of aromatic nitrogens is 4. The molecule has 3 heterocycles. The molecule has 4 aromatic rings. The van der Waals surface area contributed by atoms with Gasteiger partial charge in [0, 0.05) is 40.8 Å². The lowest BCUT2D eigenvalue weighted by Gasteiger charge is -2.10. The number of imidazole rings is 1. The summed E-state index contributed by atoms with van der Waals surface area (Å²) in [4.78, 5) is 26.0. The van der Waals surface area contributed by atoms with E-state index in [0.29, 0.717) is 17.3 Å². The second kappa shape index (κ2) is 8.49. The van der Waals surface area contributed by atoms with Gasteiger partial charge < -0.3 is 10.6 Å². The first-order valence-electron chi connectivity index (χ1n) is 8.89. The average molecular weight is 402 g/mol. The van der Waals surface area contributed by atoms with Crippen LogP contribution in [0.25, 0.3) is 11.9 Å². The van der Waals surface area contributed by atoms with Gasteiger partial charge in [0.25, 0.3) is 0 Å². The number of carbonyl (C=O) groups is 1. The number of rotatable bonds is 6. The van der Waals surface area contributed by atoms with Crippen molar-refractivity contribution in [1.29, 1.82) is 0 Å². The van der Waals surface area contributed by atoms with Crippen LogP contribution in [0.4, 0.5) is 17.2 Å². The van der Waals surface area contributed by atoms with Crippen molar-refractivity contribution >= 4 is 40.5 Å². The zero-order valence-electron chi connectivity index (χ0n) is 15.6. The van der Waals surface area contributed by atoms with E-state index in [-0.39, 0.29) is 5.91 Å². The topological polar surface area (TPSA) is 84.7 Å². The molecule has 0 aliphatic rings. The molecule has 1 amide bonds. The van der Waals surface area contributed by atoms with Crippen LogP contribution in [-0.4, -0.2) is 25.4 Å². The molecule has 0 aliphatic carbocycles. The quantitative estimate of drug-likeness (QED) is 0.466. The summed E-state index contributed by atoms with van der Waals surface area (Å²) in [6, 6.07) is 13.2. The van der Waals surface area contributed by atoms with Gasteiger partial charge in [-0.05, 0) is 48.7 Å². The number of benzene rings is 1. The summed E-state index contributed by atoms with van der Waals surface area (Å²) < 4.78 is 1.82. The third kappa shape index (κ3) is 4.94. The molecule has 1 aromatic carbocycles. The van der Waals surface area contributed by atoms with E-state index in [0.717, 1.165) is 16.4 Å². The molecule has 8 heteroatoms. The number of nitrogens with zero attached hydrogens (tertiary/aromatic N) is 4. The van der Waals surface area contributed by atoms with Crippen molar-refractivity contribution < 1.29 is 4.79 Å². The Morgan fingerprint density at radius 3 is 2.69 bits per heavy atom. The van der Waals surface area contributed by atoms with Gasteiger partial charge in [0.1, 0.15) is 23.8 Å². The third-order valence-electron chi connectivity index (χ3n) is 3.96. The number of thiophene rings is 1. The maximum absolute atomic E-state index is 12.0. The Hall–Kier alpha value is -3.78. The zero-order chi connectivity index (χ0) is 20.1. The molecule has 29 heavy (non-hydrogen) atoms. The predicted octanol–water partition coefficient (Wildman–Crippen LogP) is 4.43. The van der Waals surface area contributed by atoms with Gasteiger partial charge in [-0.15, -0.1) is 11.3 Å². The zero-order valence-corrected chi connectivity index (χ0v) is 16.4. The van der Waals surface area contributed by atoms with Crippen molar-refractivity contribution in [2.24, 2.45) is 0 Å². The largest absolute Gasteiger partial charge is 0.340 e. The normalized spacial score (nSPS) is 10.9. The van der Waals surface area contributed by atoms with Crippen molar-refractivity contribution in [1.82, 2.24) is 19.5 Å². The van der Waals surface area contributed by atoms with E-state index in [1.807, 2.05) is 65.5 Å². The van der Waals surface area contributed by atoms with Crippen LogP contribution in [0.1, 0.15) is 10.7 Å².